The van der Waals surface area contributed by atoms with Crippen molar-refractivity contribution in [2.75, 3.05) is 19.8 Å². The number of ether oxygens (including phenoxy) is 1. The minimum absolute atomic E-state index is 0.190. The molecule has 0 bridgehead atoms. The van der Waals surface area contributed by atoms with E-state index in [4.69, 9.17) is 10.5 Å². The Morgan fingerprint density at radius 3 is 2.32 bits per heavy atom. The third-order valence-corrected chi connectivity index (χ3v) is 3.28. The summed E-state index contributed by atoms with van der Waals surface area (Å²) >= 11 is 0. The van der Waals surface area contributed by atoms with Crippen molar-refractivity contribution in [3.05, 3.63) is 35.6 Å². The van der Waals surface area contributed by atoms with E-state index in [1.165, 1.54) is 12.1 Å². The average molecular weight is 267 g/mol. The SMILES string of the molecule is CC(C)CCOCCC(CN)Cc1ccc(F)cc1. The quantitative estimate of drug-likeness (QED) is 0.696. The van der Waals surface area contributed by atoms with Crippen molar-refractivity contribution < 1.29 is 9.13 Å². The smallest absolute Gasteiger partial charge is 0.123 e. The Kier molecular flexibility index (Phi) is 7.68. The fourth-order valence-corrected chi connectivity index (χ4v) is 1.93. The zero-order chi connectivity index (χ0) is 14.1. The largest absolute Gasteiger partial charge is 0.381 e. The molecule has 0 heterocycles. The van der Waals surface area contributed by atoms with Gasteiger partial charge >= 0.3 is 0 Å². The van der Waals surface area contributed by atoms with Gasteiger partial charge in [-0.1, -0.05) is 26.0 Å². The Bertz CT molecular complexity index is 337. The lowest BCUT2D eigenvalue weighted by Gasteiger charge is -2.15. The van der Waals surface area contributed by atoms with Crippen molar-refractivity contribution in [1.29, 1.82) is 0 Å². The van der Waals surface area contributed by atoms with E-state index < -0.39 is 0 Å². The molecule has 1 aromatic rings. The van der Waals surface area contributed by atoms with E-state index in [1.807, 2.05) is 12.1 Å². The maximum Gasteiger partial charge on any atom is 0.123 e. The van der Waals surface area contributed by atoms with Gasteiger partial charge in [-0.2, -0.15) is 0 Å². The molecule has 1 unspecified atom stereocenters. The summed E-state index contributed by atoms with van der Waals surface area (Å²) in [5, 5.41) is 0. The van der Waals surface area contributed by atoms with Crippen LogP contribution in [0.15, 0.2) is 24.3 Å². The van der Waals surface area contributed by atoms with E-state index in [-0.39, 0.29) is 5.82 Å². The second-order valence-electron chi connectivity index (χ2n) is 5.52. The summed E-state index contributed by atoms with van der Waals surface area (Å²) in [6.07, 6.45) is 2.96. The van der Waals surface area contributed by atoms with Crippen LogP contribution < -0.4 is 5.73 Å². The molecule has 0 saturated heterocycles. The van der Waals surface area contributed by atoms with Gasteiger partial charge in [0.05, 0.1) is 0 Å². The minimum Gasteiger partial charge on any atom is -0.381 e. The van der Waals surface area contributed by atoms with Gasteiger partial charge < -0.3 is 10.5 Å². The van der Waals surface area contributed by atoms with E-state index in [0.717, 1.165) is 38.0 Å². The molecule has 0 amide bonds. The summed E-state index contributed by atoms with van der Waals surface area (Å²) in [5.41, 5.74) is 6.92. The first-order chi connectivity index (χ1) is 9.11. The van der Waals surface area contributed by atoms with Crippen LogP contribution in [0.1, 0.15) is 32.3 Å². The lowest BCUT2D eigenvalue weighted by Crippen LogP contribution is -2.19. The van der Waals surface area contributed by atoms with Gasteiger partial charge in [-0.3, -0.25) is 0 Å². The molecule has 0 fully saturated rings. The van der Waals surface area contributed by atoms with E-state index in [1.54, 1.807) is 0 Å². The van der Waals surface area contributed by atoms with Crippen LogP contribution in [0.2, 0.25) is 0 Å². The standard InChI is InChI=1S/C16H26FNO/c1-13(2)7-9-19-10-8-15(12-18)11-14-3-5-16(17)6-4-14/h3-6,13,15H,7-12,18H2,1-2H3. The molecule has 2 nitrogen and oxygen atoms in total. The van der Waals surface area contributed by atoms with E-state index in [0.29, 0.717) is 18.4 Å². The predicted octanol–water partition coefficient (Wildman–Crippen LogP) is 3.40. The summed E-state index contributed by atoms with van der Waals surface area (Å²) in [4.78, 5) is 0. The molecular weight excluding hydrogens is 241 g/mol. The number of hydrogen-bond acceptors (Lipinski definition) is 2. The maximum atomic E-state index is 12.8. The molecule has 3 heteroatoms. The van der Waals surface area contributed by atoms with Crippen LogP contribution in [0.5, 0.6) is 0 Å². The summed E-state index contributed by atoms with van der Waals surface area (Å²) in [5.74, 6) is 0.902. The van der Waals surface area contributed by atoms with E-state index in [2.05, 4.69) is 13.8 Å². The van der Waals surface area contributed by atoms with Gasteiger partial charge in [-0.05, 0) is 55.3 Å². The number of halogens is 1. The molecule has 19 heavy (non-hydrogen) atoms. The van der Waals surface area contributed by atoms with Gasteiger partial charge in [0.2, 0.25) is 0 Å². The molecule has 1 rings (SSSR count). The Hall–Kier alpha value is -0.930. The summed E-state index contributed by atoms with van der Waals surface area (Å²) in [7, 11) is 0. The first-order valence-corrected chi connectivity index (χ1v) is 7.14. The predicted molar refractivity (Wildman–Crippen MR) is 77.5 cm³/mol. The topological polar surface area (TPSA) is 35.2 Å². The van der Waals surface area contributed by atoms with Crippen molar-refractivity contribution in [3.8, 4) is 0 Å². The lowest BCUT2D eigenvalue weighted by atomic mass is 9.96. The molecule has 0 saturated carbocycles. The van der Waals surface area contributed by atoms with E-state index in [9.17, 15) is 4.39 Å². The molecule has 0 aliphatic heterocycles. The monoisotopic (exact) mass is 267 g/mol. The van der Waals surface area contributed by atoms with Crippen molar-refractivity contribution in [2.24, 2.45) is 17.6 Å². The van der Waals surface area contributed by atoms with Gasteiger partial charge in [-0.25, -0.2) is 4.39 Å². The second-order valence-corrected chi connectivity index (χ2v) is 5.52. The van der Waals surface area contributed by atoms with Crippen LogP contribution in [0.4, 0.5) is 4.39 Å². The highest BCUT2D eigenvalue weighted by Gasteiger charge is 2.08. The normalized spacial score (nSPS) is 12.9. The third-order valence-electron chi connectivity index (χ3n) is 3.28. The molecule has 2 N–H and O–H groups in total. The zero-order valence-electron chi connectivity index (χ0n) is 12.1. The summed E-state index contributed by atoms with van der Waals surface area (Å²) in [6.45, 7) is 6.62. The van der Waals surface area contributed by atoms with Gasteiger partial charge in [0.25, 0.3) is 0 Å². The third kappa shape index (κ3) is 7.28. The number of benzene rings is 1. The van der Waals surface area contributed by atoms with Crippen molar-refractivity contribution in [3.63, 3.8) is 0 Å². The van der Waals surface area contributed by atoms with Gasteiger partial charge in [0.15, 0.2) is 0 Å². The first-order valence-electron chi connectivity index (χ1n) is 7.14. The van der Waals surface area contributed by atoms with Crippen LogP contribution in [-0.2, 0) is 11.2 Å². The number of rotatable bonds is 9. The van der Waals surface area contributed by atoms with Crippen LogP contribution >= 0.6 is 0 Å². The highest BCUT2D eigenvalue weighted by molar-refractivity contribution is 5.16. The van der Waals surface area contributed by atoms with Crippen molar-refractivity contribution in [2.45, 2.75) is 33.1 Å². The van der Waals surface area contributed by atoms with Gasteiger partial charge in [0, 0.05) is 13.2 Å². The molecule has 0 radical (unpaired) electrons. The molecule has 1 atom stereocenters. The number of hydrogen-bond donors (Lipinski definition) is 1. The minimum atomic E-state index is -0.190. The highest BCUT2D eigenvalue weighted by atomic mass is 19.1. The summed E-state index contributed by atoms with van der Waals surface area (Å²) in [6, 6.07) is 6.67. The molecule has 0 aliphatic carbocycles. The molecular formula is C16H26FNO. The Morgan fingerprint density at radius 2 is 1.74 bits per heavy atom. The molecule has 0 spiro atoms. The molecule has 0 aromatic heterocycles. The number of nitrogens with two attached hydrogens (primary N) is 1. The second kappa shape index (κ2) is 9.05. The molecule has 0 aliphatic rings. The fraction of sp³-hybridized carbons (Fsp3) is 0.625. The van der Waals surface area contributed by atoms with E-state index >= 15 is 0 Å². The Balaban J connectivity index is 2.24. The summed E-state index contributed by atoms with van der Waals surface area (Å²) < 4.78 is 18.4. The fourth-order valence-electron chi connectivity index (χ4n) is 1.93. The zero-order valence-corrected chi connectivity index (χ0v) is 12.1. The van der Waals surface area contributed by atoms with Crippen LogP contribution in [0.25, 0.3) is 0 Å². The highest BCUT2D eigenvalue weighted by Crippen LogP contribution is 2.12. The van der Waals surface area contributed by atoms with Gasteiger partial charge in [0.1, 0.15) is 5.82 Å². The van der Waals surface area contributed by atoms with Crippen LogP contribution in [0.3, 0.4) is 0 Å². The van der Waals surface area contributed by atoms with Crippen LogP contribution in [0, 0.1) is 17.7 Å². The average Bonchev–Trinajstić information content (AvgIpc) is 2.39. The van der Waals surface area contributed by atoms with Crippen molar-refractivity contribution in [1.82, 2.24) is 0 Å². The first kappa shape index (κ1) is 16.1. The van der Waals surface area contributed by atoms with Crippen LogP contribution in [-0.4, -0.2) is 19.8 Å². The maximum absolute atomic E-state index is 12.8. The van der Waals surface area contributed by atoms with Crippen molar-refractivity contribution >= 4 is 0 Å². The molecule has 1 aromatic carbocycles. The Morgan fingerprint density at radius 1 is 1.11 bits per heavy atom. The lowest BCUT2D eigenvalue weighted by molar-refractivity contribution is 0.111. The van der Waals surface area contributed by atoms with Gasteiger partial charge in [-0.15, -0.1) is 0 Å². The Labute approximate surface area is 116 Å². The molecule has 108 valence electrons.